The Kier molecular flexibility index (Phi) is 4.21. The second kappa shape index (κ2) is 6.13. The maximum absolute atomic E-state index is 12.8. The molecule has 1 aliphatic rings. The van der Waals surface area contributed by atoms with Gasteiger partial charge in [0.2, 0.25) is 5.89 Å². The van der Waals surface area contributed by atoms with E-state index in [0.717, 1.165) is 11.4 Å². The number of ether oxygens (including phenoxy) is 1. The Hall–Kier alpha value is -1.80. The van der Waals surface area contributed by atoms with E-state index < -0.39 is 0 Å². The molecule has 0 N–H and O–H groups in total. The van der Waals surface area contributed by atoms with Crippen LogP contribution in [-0.4, -0.2) is 45.7 Å². The van der Waals surface area contributed by atoms with Gasteiger partial charge in [-0.2, -0.15) is 4.98 Å². The number of likely N-dealkylation sites (tertiary alicyclic amines) is 1. The fourth-order valence-corrected chi connectivity index (χ4v) is 3.40. The van der Waals surface area contributed by atoms with Crippen molar-refractivity contribution in [3.05, 3.63) is 27.8 Å². The lowest BCUT2D eigenvalue weighted by molar-refractivity contribution is 0.0675. The van der Waals surface area contributed by atoms with Crippen LogP contribution in [0.3, 0.4) is 0 Å². The van der Waals surface area contributed by atoms with Crippen LogP contribution in [0.4, 0.5) is 0 Å². The molecule has 1 aliphatic heterocycles. The quantitative estimate of drug-likeness (QED) is 0.856. The van der Waals surface area contributed by atoms with E-state index in [9.17, 15) is 4.79 Å². The van der Waals surface area contributed by atoms with E-state index in [4.69, 9.17) is 9.26 Å². The molecule has 8 heteroatoms. The molecular formula is C14H18N4O3S. The first-order valence-corrected chi connectivity index (χ1v) is 8.02. The highest BCUT2D eigenvalue weighted by Gasteiger charge is 2.40. The number of carbonyl (C=O) groups is 1. The monoisotopic (exact) mass is 322 g/mol. The number of hydrogen-bond acceptors (Lipinski definition) is 7. The number of rotatable bonds is 4. The van der Waals surface area contributed by atoms with Gasteiger partial charge in [0.1, 0.15) is 10.9 Å². The Morgan fingerprint density at radius 3 is 3.00 bits per heavy atom. The summed E-state index contributed by atoms with van der Waals surface area (Å²) in [5.41, 5.74) is 0. The first-order valence-electron chi connectivity index (χ1n) is 7.21. The van der Waals surface area contributed by atoms with E-state index in [2.05, 4.69) is 15.1 Å². The summed E-state index contributed by atoms with van der Waals surface area (Å²) in [6.45, 7) is 4.30. The average Bonchev–Trinajstić information content (AvgIpc) is 3.24. The van der Waals surface area contributed by atoms with Crippen molar-refractivity contribution in [2.75, 3.05) is 13.7 Å². The lowest BCUT2D eigenvalue weighted by Crippen LogP contribution is -2.31. The van der Waals surface area contributed by atoms with E-state index in [0.29, 0.717) is 29.6 Å². The molecule has 2 aromatic heterocycles. The Bertz CT molecular complexity index is 669. The third-order valence-corrected chi connectivity index (χ3v) is 4.88. The van der Waals surface area contributed by atoms with Crippen molar-refractivity contribution >= 4 is 17.2 Å². The predicted octanol–water partition coefficient (Wildman–Crippen LogP) is 2.00. The molecule has 0 spiro atoms. The zero-order chi connectivity index (χ0) is 15.7. The second-order valence-electron chi connectivity index (χ2n) is 5.22. The third kappa shape index (κ3) is 2.76. The number of carbonyl (C=O) groups excluding carboxylic acids is 1. The van der Waals surface area contributed by atoms with Gasteiger partial charge >= 0.3 is 0 Å². The molecule has 1 saturated heterocycles. The zero-order valence-electron chi connectivity index (χ0n) is 12.8. The van der Waals surface area contributed by atoms with E-state index in [1.807, 2.05) is 6.92 Å². The van der Waals surface area contributed by atoms with Crippen molar-refractivity contribution in [2.24, 2.45) is 0 Å². The van der Waals surface area contributed by atoms with Crippen LogP contribution in [0.1, 0.15) is 45.8 Å². The number of aryl methyl sites for hydroxylation is 2. The largest absolute Gasteiger partial charge is 0.380 e. The molecule has 0 aliphatic carbocycles. The molecule has 0 aromatic carbocycles. The Morgan fingerprint density at radius 1 is 1.59 bits per heavy atom. The van der Waals surface area contributed by atoms with Gasteiger partial charge in [0, 0.05) is 20.1 Å². The van der Waals surface area contributed by atoms with Crippen LogP contribution in [0.25, 0.3) is 0 Å². The zero-order valence-corrected chi connectivity index (χ0v) is 13.6. The lowest BCUT2D eigenvalue weighted by Gasteiger charge is -2.20. The molecule has 2 atom stereocenters. The maximum atomic E-state index is 12.8. The van der Waals surface area contributed by atoms with Gasteiger partial charge in [-0.15, -0.1) is 11.3 Å². The molecule has 22 heavy (non-hydrogen) atoms. The van der Waals surface area contributed by atoms with Crippen LogP contribution in [0, 0.1) is 6.92 Å². The fourth-order valence-electron chi connectivity index (χ4n) is 2.59. The minimum Gasteiger partial charge on any atom is -0.380 e. The number of methoxy groups -OCH3 is 1. The molecule has 0 unspecified atom stereocenters. The summed E-state index contributed by atoms with van der Waals surface area (Å²) in [6.07, 6.45) is 3.09. The van der Waals surface area contributed by atoms with Crippen LogP contribution < -0.4 is 0 Å². The highest BCUT2D eigenvalue weighted by Crippen LogP contribution is 2.34. The first kappa shape index (κ1) is 15.1. The molecule has 0 bridgehead atoms. The minimum atomic E-state index is -0.245. The summed E-state index contributed by atoms with van der Waals surface area (Å²) in [4.78, 5) is 23.7. The van der Waals surface area contributed by atoms with Crippen molar-refractivity contribution in [3.8, 4) is 0 Å². The molecule has 118 valence electrons. The number of hydrogen-bond donors (Lipinski definition) is 0. The molecule has 3 heterocycles. The van der Waals surface area contributed by atoms with Crippen LogP contribution >= 0.6 is 11.3 Å². The topological polar surface area (TPSA) is 81.4 Å². The lowest BCUT2D eigenvalue weighted by atomic mass is 10.2. The standard InChI is InChI=1S/C14H18N4O3S/c1-4-12-15-6-11(22-12)14(19)18-7-9(20-3)5-10(18)13-16-8(2)17-21-13/h6,9-10H,4-5,7H2,1-3H3/t9-,10-/m1/s1. The third-order valence-electron chi connectivity index (χ3n) is 3.75. The summed E-state index contributed by atoms with van der Waals surface area (Å²) in [7, 11) is 1.65. The van der Waals surface area contributed by atoms with E-state index >= 15 is 0 Å². The Balaban J connectivity index is 1.86. The smallest absolute Gasteiger partial charge is 0.266 e. The SMILES string of the molecule is CCc1ncc(C(=O)N2C[C@H](OC)C[C@@H]2c2nc(C)no2)s1. The normalized spacial score (nSPS) is 21.5. The summed E-state index contributed by atoms with van der Waals surface area (Å²) in [5.74, 6) is 0.970. The summed E-state index contributed by atoms with van der Waals surface area (Å²) < 4.78 is 10.7. The van der Waals surface area contributed by atoms with Crippen LogP contribution in [0.2, 0.25) is 0 Å². The van der Waals surface area contributed by atoms with Crippen molar-refractivity contribution in [1.82, 2.24) is 20.0 Å². The van der Waals surface area contributed by atoms with Crippen molar-refractivity contribution < 1.29 is 14.1 Å². The predicted molar refractivity (Wildman–Crippen MR) is 79.7 cm³/mol. The van der Waals surface area contributed by atoms with Gasteiger partial charge in [-0.25, -0.2) is 4.98 Å². The van der Waals surface area contributed by atoms with Crippen LogP contribution in [-0.2, 0) is 11.2 Å². The molecule has 1 fully saturated rings. The molecule has 7 nitrogen and oxygen atoms in total. The number of nitrogens with zero attached hydrogens (tertiary/aromatic N) is 4. The molecule has 0 radical (unpaired) electrons. The van der Waals surface area contributed by atoms with Gasteiger partial charge in [-0.05, 0) is 13.3 Å². The van der Waals surface area contributed by atoms with Gasteiger partial charge in [-0.3, -0.25) is 4.79 Å². The highest BCUT2D eigenvalue weighted by molar-refractivity contribution is 7.13. The van der Waals surface area contributed by atoms with Gasteiger partial charge in [0.05, 0.1) is 17.3 Å². The molecule has 0 saturated carbocycles. The van der Waals surface area contributed by atoms with E-state index in [-0.39, 0.29) is 18.1 Å². The Labute approximate surface area is 132 Å². The van der Waals surface area contributed by atoms with Crippen LogP contribution in [0.5, 0.6) is 0 Å². The highest BCUT2D eigenvalue weighted by atomic mass is 32.1. The Morgan fingerprint density at radius 2 is 2.41 bits per heavy atom. The first-order chi connectivity index (χ1) is 10.6. The van der Waals surface area contributed by atoms with Crippen molar-refractivity contribution in [2.45, 2.75) is 38.8 Å². The van der Waals surface area contributed by atoms with E-state index in [1.54, 1.807) is 25.1 Å². The summed E-state index contributed by atoms with van der Waals surface area (Å²) >= 11 is 1.43. The van der Waals surface area contributed by atoms with Gasteiger partial charge < -0.3 is 14.2 Å². The van der Waals surface area contributed by atoms with Crippen LogP contribution in [0.15, 0.2) is 10.7 Å². The van der Waals surface area contributed by atoms with E-state index in [1.165, 1.54) is 11.3 Å². The average molecular weight is 322 g/mol. The number of thiazole rings is 1. The molecule has 3 rings (SSSR count). The molecule has 1 amide bonds. The summed E-state index contributed by atoms with van der Waals surface area (Å²) in [5, 5.41) is 4.78. The fraction of sp³-hybridized carbons (Fsp3) is 0.571. The number of aromatic nitrogens is 3. The van der Waals surface area contributed by atoms with Gasteiger partial charge in [0.15, 0.2) is 5.82 Å². The summed E-state index contributed by atoms with van der Waals surface area (Å²) in [6, 6.07) is -0.245. The molecule has 2 aromatic rings. The molecular weight excluding hydrogens is 304 g/mol. The van der Waals surface area contributed by atoms with Gasteiger partial charge in [-0.1, -0.05) is 12.1 Å². The van der Waals surface area contributed by atoms with Crippen molar-refractivity contribution in [1.29, 1.82) is 0 Å². The van der Waals surface area contributed by atoms with Gasteiger partial charge in [0.25, 0.3) is 5.91 Å². The maximum Gasteiger partial charge on any atom is 0.266 e. The second-order valence-corrected chi connectivity index (χ2v) is 6.33. The number of amides is 1. The minimum absolute atomic E-state index is 0.0280. The van der Waals surface area contributed by atoms with Crippen molar-refractivity contribution in [3.63, 3.8) is 0 Å².